The highest BCUT2D eigenvalue weighted by Gasteiger charge is 2.37. The summed E-state index contributed by atoms with van der Waals surface area (Å²) < 4.78 is 73.6. The van der Waals surface area contributed by atoms with Gasteiger partial charge in [-0.1, -0.05) is 23.9 Å². The summed E-state index contributed by atoms with van der Waals surface area (Å²) in [6.45, 7) is -0.251. The topological polar surface area (TPSA) is 60.3 Å². The van der Waals surface area contributed by atoms with Gasteiger partial charge in [-0.05, 0) is 24.3 Å². The van der Waals surface area contributed by atoms with Crippen molar-refractivity contribution < 1.29 is 31.5 Å². The highest BCUT2D eigenvalue weighted by molar-refractivity contribution is 7.99. The van der Waals surface area contributed by atoms with Crippen LogP contribution in [0.1, 0.15) is 21.7 Å². The number of alkyl halides is 3. The van der Waals surface area contributed by atoms with Gasteiger partial charge in [0.15, 0.2) is 17.4 Å². The fraction of sp³-hybridized carbons (Fsp3) is 0.211. The van der Waals surface area contributed by atoms with Crippen molar-refractivity contribution in [1.29, 1.82) is 0 Å². The smallest absolute Gasteiger partial charge is 0.417 e. The molecule has 162 valence electrons. The number of amides is 1. The highest BCUT2D eigenvalue weighted by atomic mass is 32.2. The first-order valence-electron chi connectivity index (χ1n) is 8.89. The van der Waals surface area contributed by atoms with Gasteiger partial charge >= 0.3 is 6.18 Å². The van der Waals surface area contributed by atoms with E-state index in [0.717, 1.165) is 29.3 Å². The van der Waals surface area contributed by atoms with Gasteiger partial charge in [0.1, 0.15) is 12.4 Å². The van der Waals surface area contributed by atoms with E-state index < -0.39 is 34.8 Å². The Kier molecular flexibility index (Phi) is 5.56. The molecule has 2 heterocycles. The van der Waals surface area contributed by atoms with Crippen molar-refractivity contribution in [3.05, 3.63) is 71.1 Å². The average molecular weight is 456 g/mol. The number of nitrogens with zero attached hydrogens (tertiary/aromatic N) is 4. The van der Waals surface area contributed by atoms with Crippen LogP contribution in [-0.2, 0) is 12.8 Å². The van der Waals surface area contributed by atoms with Gasteiger partial charge in [0.05, 0.1) is 17.7 Å². The fourth-order valence-electron chi connectivity index (χ4n) is 3.02. The van der Waals surface area contributed by atoms with E-state index in [0.29, 0.717) is 11.8 Å². The lowest BCUT2D eigenvalue weighted by Gasteiger charge is -2.29. The maximum absolute atomic E-state index is 13.8. The molecule has 0 bridgehead atoms. The largest absolute Gasteiger partial charge is 0.482 e. The Bertz CT molecular complexity index is 1130. The molecule has 4 rings (SSSR count). The Labute approximate surface area is 176 Å². The van der Waals surface area contributed by atoms with Crippen molar-refractivity contribution >= 4 is 17.7 Å². The molecule has 2 aromatic carbocycles. The Balaban J connectivity index is 1.64. The van der Waals surface area contributed by atoms with Crippen LogP contribution < -0.4 is 9.75 Å². The monoisotopic (exact) mass is 456 g/mol. The normalized spacial score (nSPS) is 13.8. The van der Waals surface area contributed by atoms with Crippen LogP contribution in [0.5, 0.6) is 5.75 Å². The molecule has 1 aromatic heterocycles. The molecule has 0 saturated carbocycles. The second kappa shape index (κ2) is 8.17. The number of fused-ring (bicyclic) bond motifs is 1. The van der Waals surface area contributed by atoms with Crippen LogP contribution in [0.25, 0.3) is 0 Å². The van der Waals surface area contributed by atoms with Crippen LogP contribution in [0, 0.1) is 11.6 Å². The van der Waals surface area contributed by atoms with Crippen LogP contribution in [0.3, 0.4) is 0 Å². The summed E-state index contributed by atoms with van der Waals surface area (Å²) in [6, 6.07) is 7.23. The van der Waals surface area contributed by atoms with Gasteiger partial charge in [0.2, 0.25) is 5.16 Å². The molecule has 1 aliphatic heterocycles. The Hall–Kier alpha value is -3.15. The van der Waals surface area contributed by atoms with Crippen molar-refractivity contribution in [3.63, 3.8) is 0 Å². The third-order valence-corrected chi connectivity index (χ3v) is 5.30. The molecule has 3 aromatic rings. The van der Waals surface area contributed by atoms with E-state index >= 15 is 0 Å². The van der Waals surface area contributed by atoms with Crippen LogP contribution in [0.2, 0.25) is 0 Å². The fourth-order valence-corrected chi connectivity index (χ4v) is 3.90. The minimum Gasteiger partial charge on any atom is -0.482 e. The standard InChI is InChI=1S/C19H13F5N4O2S/c20-11-5-6-15(14(21)9-11)30-10-16-25-26-18-28(16)27(7-8-31-18)17(29)12-3-1-2-4-13(12)19(22,23)24/h1-6,9H,7-8,10H2. The quantitative estimate of drug-likeness (QED) is 0.555. The van der Waals surface area contributed by atoms with E-state index in [4.69, 9.17) is 4.74 Å². The molecule has 0 fully saturated rings. The van der Waals surface area contributed by atoms with Gasteiger partial charge in [-0.2, -0.15) is 13.2 Å². The lowest BCUT2D eigenvalue weighted by molar-refractivity contribution is -0.137. The van der Waals surface area contributed by atoms with Crippen molar-refractivity contribution in [3.8, 4) is 5.75 Å². The number of aromatic nitrogens is 3. The first-order chi connectivity index (χ1) is 14.8. The van der Waals surface area contributed by atoms with Gasteiger partial charge < -0.3 is 4.74 Å². The number of carbonyl (C=O) groups excluding carboxylic acids is 1. The predicted octanol–water partition coefficient (Wildman–Crippen LogP) is 4.04. The number of hydrogen-bond acceptors (Lipinski definition) is 5. The van der Waals surface area contributed by atoms with Gasteiger partial charge in [0, 0.05) is 11.8 Å². The molecular weight excluding hydrogens is 443 g/mol. The molecule has 0 aliphatic carbocycles. The maximum atomic E-state index is 13.8. The first kappa shape index (κ1) is 21.1. The van der Waals surface area contributed by atoms with Gasteiger partial charge in [-0.3, -0.25) is 4.79 Å². The number of benzene rings is 2. The van der Waals surface area contributed by atoms with Gasteiger partial charge in [-0.15, -0.1) is 10.2 Å². The van der Waals surface area contributed by atoms with E-state index in [9.17, 15) is 26.7 Å². The lowest BCUT2D eigenvalue weighted by atomic mass is 10.1. The minimum absolute atomic E-state index is 0.0729. The zero-order valence-electron chi connectivity index (χ0n) is 15.6. The van der Waals surface area contributed by atoms with E-state index in [1.54, 1.807) is 0 Å². The number of ether oxygens (including phenoxy) is 1. The van der Waals surface area contributed by atoms with Crippen LogP contribution in [0.15, 0.2) is 47.6 Å². The van der Waals surface area contributed by atoms with Crippen LogP contribution >= 0.6 is 11.8 Å². The SMILES string of the molecule is O=C(c1ccccc1C(F)(F)F)N1CCSc2nnc(COc3ccc(F)cc3F)n21. The summed E-state index contributed by atoms with van der Waals surface area (Å²) >= 11 is 1.26. The molecule has 0 atom stereocenters. The molecule has 31 heavy (non-hydrogen) atoms. The Morgan fingerprint density at radius 2 is 1.90 bits per heavy atom. The van der Waals surface area contributed by atoms with Crippen molar-refractivity contribution in [2.24, 2.45) is 0 Å². The third-order valence-electron chi connectivity index (χ3n) is 4.40. The molecule has 0 spiro atoms. The summed E-state index contributed by atoms with van der Waals surface area (Å²) in [5, 5.41) is 9.21. The summed E-state index contributed by atoms with van der Waals surface area (Å²) in [4.78, 5) is 13.0. The molecule has 1 amide bonds. The summed E-state index contributed by atoms with van der Waals surface area (Å²) in [6.07, 6.45) is -4.71. The molecule has 1 aliphatic rings. The first-order valence-corrected chi connectivity index (χ1v) is 9.87. The Morgan fingerprint density at radius 1 is 1.13 bits per heavy atom. The second-order valence-corrected chi connectivity index (χ2v) is 7.46. The minimum atomic E-state index is -4.71. The van der Waals surface area contributed by atoms with Crippen molar-refractivity contribution in [2.45, 2.75) is 17.9 Å². The Morgan fingerprint density at radius 3 is 2.65 bits per heavy atom. The number of rotatable bonds is 4. The maximum Gasteiger partial charge on any atom is 0.417 e. The number of halogens is 5. The highest BCUT2D eigenvalue weighted by Crippen LogP contribution is 2.33. The summed E-state index contributed by atoms with van der Waals surface area (Å²) in [7, 11) is 0. The van der Waals surface area contributed by atoms with Gasteiger partial charge in [-0.25, -0.2) is 18.5 Å². The summed E-state index contributed by atoms with van der Waals surface area (Å²) in [5.74, 6) is -2.37. The average Bonchev–Trinajstić information content (AvgIpc) is 3.15. The lowest BCUT2D eigenvalue weighted by Crippen LogP contribution is -2.46. The molecular formula is C19H13F5N4O2S. The van der Waals surface area contributed by atoms with Crippen molar-refractivity contribution in [1.82, 2.24) is 14.9 Å². The zero-order chi connectivity index (χ0) is 22.2. The van der Waals surface area contributed by atoms with Crippen molar-refractivity contribution in [2.75, 3.05) is 17.3 Å². The van der Waals surface area contributed by atoms with Gasteiger partial charge in [0.25, 0.3) is 5.91 Å². The second-order valence-electron chi connectivity index (χ2n) is 6.39. The third kappa shape index (κ3) is 4.20. The van der Waals surface area contributed by atoms with Crippen LogP contribution in [-0.4, -0.2) is 33.1 Å². The molecule has 0 saturated heterocycles. The molecule has 0 unspecified atom stereocenters. The van der Waals surface area contributed by atoms with E-state index in [1.165, 1.54) is 28.6 Å². The number of thioether (sulfide) groups is 1. The van der Waals surface area contributed by atoms with E-state index in [1.807, 2.05) is 0 Å². The van der Waals surface area contributed by atoms with Crippen LogP contribution in [0.4, 0.5) is 22.0 Å². The molecule has 0 radical (unpaired) electrons. The number of hydrogen-bond donors (Lipinski definition) is 0. The number of carbonyl (C=O) groups is 1. The molecule has 12 heteroatoms. The molecule has 6 nitrogen and oxygen atoms in total. The predicted molar refractivity (Wildman–Crippen MR) is 100 cm³/mol. The zero-order valence-corrected chi connectivity index (χ0v) is 16.4. The molecule has 0 N–H and O–H groups in total. The van der Waals surface area contributed by atoms with E-state index in [2.05, 4.69) is 10.2 Å². The van der Waals surface area contributed by atoms with E-state index in [-0.39, 0.29) is 29.9 Å². The summed E-state index contributed by atoms with van der Waals surface area (Å²) in [5.41, 5.74) is -1.57.